The van der Waals surface area contributed by atoms with Crippen molar-refractivity contribution in [1.29, 1.82) is 0 Å². The van der Waals surface area contributed by atoms with Gasteiger partial charge in [-0.15, -0.1) is 0 Å². The van der Waals surface area contributed by atoms with Gasteiger partial charge in [0.15, 0.2) is 0 Å². The molecule has 1 saturated heterocycles. The lowest BCUT2D eigenvalue weighted by atomic mass is 10.0. The molecule has 1 aliphatic rings. The lowest BCUT2D eigenvalue weighted by Crippen LogP contribution is -2.29. The Morgan fingerprint density at radius 2 is 2.00 bits per heavy atom. The van der Waals surface area contributed by atoms with Gasteiger partial charge < -0.3 is 0 Å². The van der Waals surface area contributed by atoms with Crippen molar-refractivity contribution in [3.8, 4) is 0 Å². The number of likely N-dealkylation sites (tertiary alicyclic amines) is 1. The van der Waals surface area contributed by atoms with E-state index in [0.717, 1.165) is 18.7 Å². The molecule has 1 fully saturated rings. The molecule has 0 bridgehead atoms. The smallest absolute Gasteiger partial charge is 0.0372 e. The van der Waals surface area contributed by atoms with Crippen LogP contribution in [0.1, 0.15) is 36.1 Å². The SMILES string of the molecule is Cc1ccc(CN2CCC[C@H]2CCc2ccncc2)cn1. The average Bonchev–Trinajstić information content (AvgIpc) is 2.96. The monoisotopic (exact) mass is 281 g/mol. The minimum atomic E-state index is 0.708. The lowest BCUT2D eigenvalue weighted by Gasteiger charge is -2.24. The third-order valence-corrected chi connectivity index (χ3v) is 4.37. The Morgan fingerprint density at radius 3 is 2.76 bits per heavy atom. The Bertz CT molecular complexity index is 550. The molecule has 1 aliphatic heterocycles. The Balaban J connectivity index is 1.56. The van der Waals surface area contributed by atoms with Crippen LogP contribution in [0.3, 0.4) is 0 Å². The zero-order valence-electron chi connectivity index (χ0n) is 12.7. The molecule has 0 N–H and O–H groups in total. The van der Waals surface area contributed by atoms with E-state index >= 15 is 0 Å². The summed E-state index contributed by atoms with van der Waals surface area (Å²) < 4.78 is 0. The predicted octanol–water partition coefficient (Wildman–Crippen LogP) is 3.38. The van der Waals surface area contributed by atoms with Crippen LogP contribution in [0.5, 0.6) is 0 Å². The van der Waals surface area contributed by atoms with Crippen LogP contribution in [0.4, 0.5) is 0 Å². The summed E-state index contributed by atoms with van der Waals surface area (Å²) in [7, 11) is 0. The fourth-order valence-corrected chi connectivity index (χ4v) is 3.14. The van der Waals surface area contributed by atoms with Gasteiger partial charge in [0, 0.05) is 36.9 Å². The van der Waals surface area contributed by atoms with E-state index in [9.17, 15) is 0 Å². The van der Waals surface area contributed by atoms with E-state index in [0.29, 0.717) is 6.04 Å². The van der Waals surface area contributed by atoms with Crippen LogP contribution in [-0.4, -0.2) is 27.5 Å². The largest absolute Gasteiger partial charge is 0.296 e. The van der Waals surface area contributed by atoms with E-state index in [-0.39, 0.29) is 0 Å². The second-order valence-electron chi connectivity index (χ2n) is 5.97. The summed E-state index contributed by atoms with van der Waals surface area (Å²) in [6.07, 6.45) is 10.8. The Morgan fingerprint density at radius 1 is 1.14 bits per heavy atom. The van der Waals surface area contributed by atoms with Gasteiger partial charge in [0.05, 0.1) is 0 Å². The van der Waals surface area contributed by atoms with E-state index in [1.807, 2.05) is 25.5 Å². The second-order valence-corrected chi connectivity index (χ2v) is 5.97. The summed E-state index contributed by atoms with van der Waals surface area (Å²) in [4.78, 5) is 11.1. The van der Waals surface area contributed by atoms with Gasteiger partial charge in [-0.25, -0.2) is 0 Å². The lowest BCUT2D eigenvalue weighted by molar-refractivity contribution is 0.234. The van der Waals surface area contributed by atoms with Gasteiger partial charge in [0.1, 0.15) is 0 Å². The number of hydrogen-bond acceptors (Lipinski definition) is 3. The summed E-state index contributed by atoms with van der Waals surface area (Å²) in [6.45, 7) is 4.29. The van der Waals surface area contributed by atoms with Gasteiger partial charge in [-0.1, -0.05) is 6.07 Å². The molecule has 21 heavy (non-hydrogen) atoms. The molecule has 0 radical (unpaired) electrons. The molecular weight excluding hydrogens is 258 g/mol. The minimum Gasteiger partial charge on any atom is -0.296 e. The molecule has 0 aromatic carbocycles. The van der Waals surface area contributed by atoms with Gasteiger partial charge in [-0.2, -0.15) is 0 Å². The van der Waals surface area contributed by atoms with E-state index in [1.54, 1.807) is 0 Å². The molecule has 1 atom stereocenters. The van der Waals surface area contributed by atoms with Crippen LogP contribution in [0.2, 0.25) is 0 Å². The van der Waals surface area contributed by atoms with Crippen LogP contribution in [0.15, 0.2) is 42.9 Å². The highest BCUT2D eigenvalue weighted by atomic mass is 15.2. The molecule has 0 unspecified atom stereocenters. The van der Waals surface area contributed by atoms with Crippen molar-refractivity contribution in [2.24, 2.45) is 0 Å². The Hall–Kier alpha value is -1.74. The zero-order chi connectivity index (χ0) is 14.5. The predicted molar refractivity (Wildman–Crippen MR) is 85.0 cm³/mol. The molecule has 0 spiro atoms. The molecule has 110 valence electrons. The molecule has 0 aliphatic carbocycles. The van der Waals surface area contributed by atoms with Crippen molar-refractivity contribution in [2.45, 2.75) is 45.2 Å². The number of aromatic nitrogens is 2. The molecule has 3 heterocycles. The third-order valence-electron chi connectivity index (χ3n) is 4.37. The van der Waals surface area contributed by atoms with Crippen molar-refractivity contribution in [2.75, 3.05) is 6.54 Å². The van der Waals surface area contributed by atoms with E-state index in [2.05, 4.69) is 39.1 Å². The van der Waals surface area contributed by atoms with E-state index in [4.69, 9.17) is 0 Å². The standard InChI is InChI=1S/C18H23N3/c1-15-4-5-17(13-20-15)14-21-12-2-3-18(21)7-6-16-8-10-19-11-9-16/h4-5,8-11,13,18H,2-3,6-7,12,14H2,1H3/t18-/m0/s1. The normalized spacial score (nSPS) is 19.0. The van der Waals surface area contributed by atoms with E-state index in [1.165, 1.54) is 36.9 Å². The van der Waals surface area contributed by atoms with Gasteiger partial charge >= 0.3 is 0 Å². The third kappa shape index (κ3) is 3.88. The highest BCUT2D eigenvalue weighted by molar-refractivity contribution is 5.14. The molecule has 0 amide bonds. The number of hydrogen-bond donors (Lipinski definition) is 0. The first kappa shape index (κ1) is 14.2. The topological polar surface area (TPSA) is 29.0 Å². The summed E-state index contributed by atoms with van der Waals surface area (Å²) in [5.41, 5.74) is 3.82. The van der Waals surface area contributed by atoms with Gasteiger partial charge in [0.25, 0.3) is 0 Å². The van der Waals surface area contributed by atoms with Crippen molar-refractivity contribution in [3.63, 3.8) is 0 Å². The van der Waals surface area contributed by atoms with Crippen LogP contribution >= 0.6 is 0 Å². The van der Waals surface area contributed by atoms with Gasteiger partial charge in [-0.3, -0.25) is 14.9 Å². The second kappa shape index (κ2) is 6.81. The Labute approximate surface area is 127 Å². The van der Waals surface area contributed by atoms with Crippen LogP contribution < -0.4 is 0 Å². The van der Waals surface area contributed by atoms with Crippen molar-refractivity contribution >= 4 is 0 Å². The first-order valence-corrected chi connectivity index (χ1v) is 7.86. The maximum absolute atomic E-state index is 4.41. The molecule has 3 rings (SSSR count). The first-order valence-electron chi connectivity index (χ1n) is 7.86. The van der Waals surface area contributed by atoms with Crippen LogP contribution in [-0.2, 0) is 13.0 Å². The molecule has 2 aromatic heterocycles. The van der Waals surface area contributed by atoms with Crippen LogP contribution in [0, 0.1) is 6.92 Å². The van der Waals surface area contributed by atoms with Crippen molar-refractivity contribution < 1.29 is 0 Å². The maximum Gasteiger partial charge on any atom is 0.0372 e. The highest BCUT2D eigenvalue weighted by Crippen LogP contribution is 2.23. The van der Waals surface area contributed by atoms with E-state index < -0.39 is 0 Å². The number of aryl methyl sites for hydroxylation is 2. The molecular formula is C18H23N3. The minimum absolute atomic E-state index is 0.708. The van der Waals surface area contributed by atoms with Gasteiger partial charge in [-0.05, 0) is 68.5 Å². The maximum atomic E-state index is 4.41. The van der Waals surface area contributed by atoms with Crippen molar-refractivity contribution in [1.82, 2.24) is 14.9 Å². The molecule has 0 saturated carbocycles. The first-order chi connectivity index (χ1) is 10.3. The molecule has 3 nitrogen and oxygen atoms in total. The van der Waals surface area contributed by atoms with Crippen LogP contribution in [0.25, 0.3) is 0 Å². The Kier molecular flexibility index (Phi) is 4.61. The summed E-state index contributed by atoms with van der Waals surface area (Å²) >= 11 is 0. The zero-order valence-corrected chi connectivity index (χ0v) is 12.7. The molecule has 2 aromatic rings. The van der Waals surface area contributed by atoms with Gasteiger partial charge in [0.2, 0.25) is 0 Å². The fourth-order valence-electron chi connectivity index (χ4n) is 3.14. The fraction of sp³-hybridized carbons (Fsp3) is 0.444. The number of nitrogens with zero attached hydrogens (tertiary/aromatic N) is 3. The highest BCUT2D eigenvalue weighted by Gasteiger charge is 2.24. The quantitative estimate of drug-likeness (QED) is 0.841. The summed E-state index contributed by atoms with van der Waals surface area (Å²) in [5, 5.41) is 0. The number of pyridine rings is 2. The molecule has 3 heteroatoms. The summed E-state index contributed by atoms with van der Waals surface area (Å²) in [5.74, 6) is 0. The summed E-state index contributed by atoms with van der Waals surface area (Å²) in [6, 6.07) is 9.28. The van der Waals surface area contributed by atoms with Crippen molar-refractivity contribution in [3.05, 3.63) is 59.7 Å². The number of rotatable bonds is 5. The average molecular weight is 281 g/mol.